The molecule has 0 radical (unpaired) electrons. The molecule has 13 nitrogen and oxygen atoms in total. The second kappa shape index (κ2) is 15.6. The van der Waals surface area contributed by atoms with Crippen LogP contribution in [-0.4, -0.2) is 87.0 Å². The van der Waals surface area contributed by atoms with Gasteiger partial charge in [-0.2, -0.15) is 0 Å². The van der Waals surface area contributed by atoms with Crippen LogP contribution in [0.1, 0.15) is 83.9 Å². The summed E-state index contributed by atoms with van der Waals surface area (Å²) in [6.45, 7) is 9.07. The largest absolute Gasteiger partial charge is 0.469 e. The molecule has 304 valence electrons. The van der Waals surface area contributed by atoms with Crippen LogP contribution in [0, 0.1) is 23.7 Å². The summed E-state index contributed by atoms with van der Waals surface area (Å²) < 4.78 is 9.72. The van der Waals surface area contributed by atoms with Crippen LogP contribution in [0.3, 0.4) is 0 Å². The van der Waals surface area contributed by atoms with E-state index in [0.29, 0.717) is 19.0 Å². The van der Waals surface area contributed by atoms with Crippen LogP contribution in [-0.2, 0) is 29.4 Å². The Balaban J connectivity index is 1.01. The average molecular weight is 788 g/mol. The molecule has 2 unspecified atom stereocenters. The van der Waals surface area contributed by atoms with Gasteiger partial charge in [-0.15, -0.1) is 0 Å². The van der Waals surface area contributed by atoms with Crippen molar-refractivity contribution in [3.63, 3.8) is 0 Å². The minimum absolute atomic E-state index is 0.00219. The number of fused-ring (bicyclic) bond motifs is 4. The maximum atomic E-state index is 14.1. The normalized spacial score (nSPS) is 21.3. The molecule has 8 rings (SSSR count). The summed E-state index contributed by atoms with van der Waals surface area (Å²) in [5.41, 5.74) is 5.27. The van der Waals surface area contributed by atoms with Gasteiger partial charge in [-0.25, -0.2) is 14.8 Å². The van der Waals surface area contributed by atoms with Crippen molar-refractivity contribution >= 4 is 45.7 Å². The smallest absolute Gasteiger partial charge is 0.407 e. The molecule has 0 spiro atoms. The Labute approximate surface area is 338 Å². The minimum atomic E-state index is -0.689. The van der Waals surface area contributed by atoms with Gasteiger partial charge in [-0.3, -0.25) is 14.4 Å². The van der Waals surface area contributed by atoms with E-state index in [-0.39, 0.29) is 42.1 Å². The lowest BCUT2D eigenvalue weighted by Gasteiger charge is -2.40. The fourth-order valence-corrected chi connectivity index (χ4v) is 9.52. The number of amides is 3. The van der Waals surface area contributed by atoms with E-state index in [2.05, 4.69) is 63.8 Å². The first-order chi connectivity index (χ1) is 27.9. The highest BCUT2D eigenvalue weighted by Gasteiger charge is 2.56. The zero-order chi connectivity index (χ0) is 40.9. The van der Waals surface area contributed by atoms with E-state index in [1.54, 1.807) is 0 Å². The number of hydrogen-bond acceptors (Lipinski definition) is 8. The Kier molecular flexibility index (Phi) is 10.5. The number of nitrogens with zero attached hydrogens (tertiary/aromatic N) is 4. The van der Waals surface area contributed by atoms with Gasteiger partial charge in [0.15, 0.2) is 0 Å². The lowest BCUT2D eigenvalue weighted by molar-refractivity contribution is -0.151. The van der Waals surface area contributed by atoms with E-state index in [0.717, 1.165) is 87.9 Å². The van der Waals surface area contributed by atoms with Crippen molar-refractivity contribution in [2.75, 3.05) is 27.3 Å². The standard InChI is InChI=1S/C45H53N7O6/c1-25(2)33(21-38(53)57-5)41(54)52-24-27-15-16-45(52,22-27)43-48-34-14-13-31(20-35(34)49-43)29-9-10-30-19-32(12-11-28(30)18-29)36-23-46-40(47-36)37-8-7-17-51(37)42(55)39(26(3)4)50-44(56)58-6/h9-14,18-20,23,25-27,33,37,39H,7-8,15-17,21-22,24H2,1-6H3,(H,46,47)(H,48,49)(H,50,56)/t27?,33-,37-,39-,45?/m0/s1. The minimum Gasteiger partial charge on any atom is -0.469 e. The molecular formula is C45H53N7O6. The first kappa shape index (κ1) is 39.1. The topological polar surface area (TPSA) is 163 Å². The number of hydrogen-bond donors (Lipinski definition) is 3. The van der Waals surface area contributed by atoms with Crippen molar-refractivity contribution in [3.05, 3.63) is 72.4 Å². The molecule has 3 fully saturated rings. The summed E-state index contributed by atoms with van der Waals surface area (Å²) in [5, 5.41) is 4.89. The first-order valence-corrected chi connectivity index (χ1v) is 20.5. The van der Waals surface area contributed by atoms with E-state index < -0.39 is 23.6 Å². The molecule has 2 bridgehead atoms. The Morgan fingerprint density at radius 1 is 0.879 bits per heavy atom. The van der Waals surface area contributed by atoms with Gasteiger partial charge in [-0.05, 0) is 96.0 Å². The number of aromatic nitrogens is 4. The molecule has 3 aliphatic rings. The number of carbonyl (C=O) groups excluding carboxylic acids is 4. The molecule has 3 N–H and O–H groups in total. The summed E-state index contributed by atoms with van der Waals surface area (Å²) in [6, 6.07) is 18.2. The molecule has 5 aromatic rings. The lowest BCUT2D eigenvalue weighted by Crippen LogP contribution is -2.51. The van der Waals surface area contributed by atoms with Gasteiger partial charge >= 0.3 is 12.1 Å². The van der Waals surface area contributed by atoms with Crippen LogP contribution in [0.5, 0.6) is 0 Å². The number of likely N-dealkylation sites (tertiary alicyclic amines) is 2. The fraction of sp³-hybridized carbons (Fsp3) is 0.467. The molecular weight excluding hydrogens is 735 g/mol. The van der Waals surface area contributed by atoms with Crippen molar-refractivity contribution in [1.29, 1.82) is 0 Å². The summed E-state index contributed by atoms with van der Waals surface area (Å²) in [4.78, 5) is 72.7. The van der Waals surface area contributed by atoms with Gasteiger partial charge in [-0.1, -0.05) is 58.0 Å². The van der Waals surface area contributed by atoms with E-state index >= 15 is 0 Å². The number of imidazole rings is 2. The Morgan fingerprint density at radius 2 is 1.60 bits per heavy atom. The summed E-state index contributed by atoms with van der Waals surface area (Å²) in [7, 11) is 2.66. The molecule has 4 heterocycles. The molecule has 3 aromatic carbocycles. The molecule has 2 aliphatic heterocycles. The molecule has 13 heteroatoms. The van der Waals surface area contributed by atoms with E-state index in [1.807, 2.05) is 49.8 Å². The maximum Gasteiger partial charge on any atom is 0.407 e. The molecule has 2 saturated heterocycles. The number of H-pyrrole nitrogens is 2. The number of esters is 1. The van der Waals surface area contributed by atoms with Gasteiger partial charge in [0.25, 0.3) is 0 Å². The van der Waals surface area contributed by atoms with Crippen molar-refractivity contribution in [2.45, 2.75) is 83.8 Å². The summed E-state index contributed by atoms with van der Waals surface area (Å²) >= 11 is 0. The van der Waals surface area contributed by atoms with Gasteiger partial charge in [0.1, 0.15) is 23.2 Å². The van der Waals surface area contributed by atoms with Gasteiger partial charge < -0.3 is 34.6 Å². The number of ether oxygens (including phenoxy) is 2. The lowest BCUT2D eigenvalue weighted by atomic mass is 9.87. The zero-order valence-corrected chi connectivity index (χ0v) is 34.1. The number of benzene rings is 3. The predicted octanol–water partition coefficient (Wildman–Crippen LogP) is 7.49. The molecule has 1 saturated carbocycles. The van der Waals surface area contributed by atoms with Crippen LogP contribution in [0.4, 0.5) is 4.79 Å². The molecule has 3 amide bonds. The number of aromatic amines is 2. The number of rotatable bonds is 11. The van der Waals surface area contributed by atoms with Gasteiger partial charge in [0.2, 0.25) is 11.8 Å². The molecule has 1 aliphatic carbocycles. The molecule has 58 heavy (non-hydrogen) atoms. The molecule has 5 atom stereocenters. The van der Waals surface area contributed by atoms with Crippen LogP contribution < -0.4 is 5.32 Å². The number of alkyl carbamates (subject to hydrolysis) is 1. The molecule has 2 aromatic heterocycles. The quantitative estimate of drug-likeness (QED) is 0.116. The number of nitrogens with one attached hydrogen (secondary N) is 3. The van der Waals surface area contributed by atoms with Crippen molar-refractivity contribution < 1.29 is 28.7 Å². The SMILES string of the molecule is COC(=O)C[C@H](C(=O)N1CC2CCC1(c1nc3ccc(-c4ccc5cc(-c6cnc([C@@H]7CCCN7C(=O)[C@@H](NC(=O)OC)C(C)C)[nH]6)ccc5c4)cc3[nH]1)C2)C(C)C. The van der Waals surface area contributed by atoms with Gasteiger partial charge in [0.05, 0.1) is 55.5 Å². The highest BCUT2D eigenvalue weighted by atomic mass is 16.5. The Morgan fingerprint density at radius 3 is 2.31 bits per heavy atom. The van der Waals surface area contributed by atoms with Crippen LogP contribution in [0.2, 0.25) is 0 Å². The van der Waals surface area contributed by atoms with Crippen LogP contribution >= 0.6 is 0 Å². The predicted molar refractivity (Wildman–Crippen MR) is 220 cm³/mol. The third-order valence-electron chi connectivity index (χ3n) is 12.8. The number of carbonyl (C=O) groups is 4. The number of piperidine rings is 1. The third-order valence-corrected chi connectivity index (χ3v) is 12.8. The van der Waals surface area contributed by atoms with E-state index in [9.17, 15) is 19.2 Å². The van der Waals surface area contributed by atoms with Crippen molar-refractivity contribution in [2.24, 2.45) is 23.7 Å². The summed E-state index contributed by atoms with van der Waals surface area (Å²) in [6.07, 6.45) is 5.67. The van der Waals surface area contributed by atoms with Crippen molar-refractivity contribution in [3.8, 4) is 22.4 Å². The highest BCUT2D eigenvalue weighted by molar-refractivity contribution is 5.92. The Hall–Kier alpha value is -5.72. The Bertz CT molecular complexity index is 2380. The van der Waals surface area contributed by atoms with Crippen LogP contribution in [0.15, 0.2) is 60.8 Å². The van der Waals surface area contributed by atoms with Gasteiger partial charge in [0, 0.05) is 18.7 Å². The van der Waals surface area contributed by atoms with Crippen LogP contribution in [0.25, 0.3) is 44.2 Å². The second-order valence-electron chi connectivity index (χ2n) is 17.0. The fourth-order valence-electron chi connectivity index (χ4n) is 9.52. The second-order valence-corrected chi connectivity index (χ2v) is 17.0. The number of methoxy groups -OCH3 is 2. The maximum absolute atomic E-state index is 14.1. The highest BCUT2D eigenvalue weighted by Crippen LogP contribution is 2.53. The first-order valence-electron chi connectivity index (χ1n) is 20.5. The van der Waals surface area contributed by atoms with E-state index in [1.165, 1.54) is 14.2 Å². The average Bonchev–Trinajstić information content (AvgIpc) is 4.08. The summed E-state index contributed by atoms with van der Waals surface area (Å²) in [5.74, 6) is 0.933. The third kappa shape index (κ3) is 7.08. The van der Waals surface area contributed by atoms with Crippen molar-refractivity contribution in [1.82, 2.24) is 35.1 Å². The monoisotopic (exact) mass is 787 g/mol. The van der Waals surface area contributed by atoms with E-state index in [4.69, 9.17) is 19.4 Å². The zero-order valence-electron chi connectivity index (χ0n) is 34.1.